The zero-order valence-electron chi connectivity index (χ0n) is 15.6. The maximum atomic E-state index is 12.2. The average molecular weight is 367 g/mol. The number of aromatic nitrogens is 1. The number of ketones is 1. The summed E-state index contributed by atoms with van der Waals surface area (Å²) in [4.78, 5) is 30.9. The Bertz CT molecular complexity index is 766. The van der Waals surface area contributed by atoms with Crippen LogP contribution in [0.3, 0.4) is 0 Å². The molecule has 0 bridgehead atoms. The number of benzene rings is 1. The Morgan fingerprint density at radius 3 is 2.44 bits per heavy atom. The number of ether oxygens (including phenoxy) is 1. The largest absolute Gasteiger partial charge is 0.378 e. The fourth-order valence-electron chi connectivity index (χ4n) is 2.96. The molecule has 0 aliphatic carbocycles. The number of pyridine rings is 1. The molecule has 1 saturated heterocycles. The van der Waals surface area contributed by atoms with Crippen LogP contribution in [0.2, 0.25) is 0 Å². The molecule has 1 aliphatic heterocycles. The molecule has 27 heavy (non-hydrogen) atoms. The monoisotopic (exact) mass is 367 g/mol. The molecule has 1 amide bonds. The third kappa shape index (κ3) is 5.37. The van der Waals surface area contributed by atoms with E-state index in [9.17, 15) is 9.59 Å². The van der Waals surface area contributed by atoms with Crippen molar-refractivity contribution in [3.05, 3.63) is 53.7 Å². The van der Waals surface area contributed by atoms with Gasteiger partial charge in [-0.3, -0.25) is 9.59 Å². The number of nitrogens with one attached hydrogen (secondary N) is 1. The summed E-state index contributed by atoms with van der Waals surface area (Å²) in [6.07, 6.45) is 2.93. The van der Waals surface area contributed by atoms with E-state index in [0.717, 1.165) is 25.3 Å². The second kappa shape index (κ2) is 9.28. The standard InChI is InChI=1S/C21H25N3O3/c1-2-16-3-5-17(6-4-16)19(25)8-10-21(26)23-18-7-9-20(22-15-18)24-11-13-27-14-12-24/h3-7,9,15H,2,8,10-14H2,1H3,(H,23,26). The fraction of sp³-hybridized carbons (Fsp3) is 0.381. The van der Waals surface area contributed by atoms with E-state index >= 15 is 0 Å². The van der Waals surface area contributed by atoms with Crippen LogP contribution in [0.1, 0.15) is 35.7 Å². The average Bonchev–Trinajstić information content (AvgIpc) is 2.73. The maximum absolute atomic E-state index is 12.2. The van der Waals surface area contributed by atoms with Crippen LogP contribution in [0, 0.1) is 0 Å². The maximum Gasteiger partial charge on any atom is 0.224 e. The molecule has 3 rings (SSSR count). The van der Waals surface area contributed by atoms with Gasteiger partial charge in [-0.2, -0.15) is 0 Å². The third-order valence-corrected chi connectivity index (χ3v) is 4.63. The molecule has 1 fully saturated rings. The highest BCUT2D eigenvalue weighted by molar-refractivity contribution is 6.00. The number of rotatable bonds is 7. The summed E-state index contributed by atoms with van der Waals surface area (Å²) >= 11 is 0. The summed E-state index contributed by atoms with van der Waals surface area (Å²) in [5.74, 6) is 0.671. The van der Waals surface area contributed by atoms with E-state index in [4.69, 9.17) is 4.74 Å². The molecule has 0 radical (unpaired) electrons. The predicted octanol–water partition coefficient (Wildman–Crippen LogP) is 3.08. The third-order valence-electron chi connectivity index (χ3n) is 4.63. The fourth-order valence-corrected chi connectivity index (χ4v) is 2.96. The number of aryl methyl sites for hydroxylation is 1. The Hall–Kier alpha value is -2.73. The summed E-state index contributed by atoms with van der Waals surface area (Å²) in [6.45, 7) is 5.12. The van der Waals surface area contributed by atoms with Gasteiger partial charge in [0.2, 0.25) is 5.91 Å². The van der Waals surface area contributed by atoms with Gasteiger partial charge in [0.05, 0.1) is 25.1 Å². The number of carbonyl (C=O) groups is 2. The molecule has 0 saturated carbocycles. The molecule has 0 spiro atoms. The Morgan fingerprint density at radius 2 is 1.81 bits per heavy atom. The summed E-state index contributed by atoms with van der Waals surface area (Å²) in [7, 11) is 0. The van der Waals surface area contributed by atoms with Gasteiger partial charge in [-0.05, 0) is 24.1 Å². The number of hydrogen-bond donors (Lipinski definition) is 1. The van der Waals surface area contributed by atoms with Gasteiger partial charge in [0, 0.05) is 31.5 Å². The number of anilines is 2. The molecule has 1 aromatic carbocycles. The first-order chi connectivity index (χ1) is 13.2. The Kier molecular flexibility index (Phi) is 6.54. The number of amides is 1. The lowest BCUT2D eigenvalue weighted by atomic mass is 10.0. The van der Waals surface area contributed by atoms with Gasteiger partial charge in [-0.25, -0.2) is 4.98 Å². The zero-order chi connectivity index (χ0) is 19.1. The molecule has 2 heterocycles. The summed E-state index contributed by atoms with van der Waals surface area (Å²) in [6, 6.07) is 11.3. The van der Waals surface area contributed by atoms with Gasteiger partial charge in [-0.15, -0.1) is 0 Å². The topological polar surface area (TPSA) is 71.5 Å². The van der Waals surface area contributed by atoms with Crippen molar-refractivity contribution in [2.24, 2.45) is 0 Å². The first-order valence-electron chi connectivity index (χ1n) is 9.36. The van der Waals surface area contributed by atoms with E-state index in [2.05, 4.69) is 22.1 Å². The normalized spacial score (nSPS) is 14.0. The Balaban J connectivity index is 1.47. The molecular formula is C21H25N3O3. The van der Waals surface area contributed by atoms with Crippen molar-refractivity contribution in [2.45, 2.75) is 26.2 Å². The molecule has 1 aliphatic rings. The van der Waals surface area contributed by atoms with Gasteiger partial charge in [0.25, 0.3) is 0 Å². The zero-order valence-corrected chi connectivity index (χ0v) is 15.6. The van der Waals surface area contributed by atoms with E-state index in [1.807, 2.05) is 36.4 Å². The lowest BCUT2D eigenvalue weighted by Crippen LogP contribution is -2.36. The van der Waals surface area contributed by atoms with Gasteiger partial charge in [0.1, 0.15) is 5.82 Å². The second-order valence-electron chi connectivity index (χ2n) is 6.53. The minimum Gasteiger partial charge on any atom is -0.378 e. The molecule has 1 N–H and O–H groups in total. The second-order valence-corrected chi connectivity index (χ2v) is 6.53. The van der Waals surface area contributed by atoms with E-state index in [-0.39, 0.29) is 24.5 Å². The SMILES string of the molecule is CCc1ccc(C(=O)CCC(=O)Nc2ccc(N3CCOCC3)nc2)cc1. The highest BCUT2D eigenvalue weighted by Gasteiger charge is 2.13. The predicted molar refractivity (Wildman–Crippen MR) is 105 cm³/mol. The van der Waals surface area contributed by atoms with Crippen LogP contribution in [0.5, 0.6) is 0 Å². The van der Waals surface area contributed by atoms with Gasteiger partial charge < -0.3 is 15.0 Å². The Labute approximate surface area is 159 Å². The van der Waals surface area contributed by atoms with Crippen molar-refractivity contribution in [1.29, 1.82) is 0 Å². The number of Topliss-reactive ketones (excluding diaryl/α,β-unsaturated/α-hetero) is 1. The number of morpholine rings is 1. The van der Waals surface area contributed by atoms with Crippen LogP contribution < -0.4 is 10.2 Å². The van der Waals surface area contributed by atoms with Crippen molar-refractivity contribution in [1.82, 2.24) is 4.98 Å². The van der Waals surface area contributed by atoms with Crippen LogP contribution in [-0.4, -0.2) is 43.0 Å². The quantitative estimate of drug-likeness (QED) is 0.762. The van der Waals surface area contributed by atoms with E-state index in [0.29, 0.717) is 24.5 Å². The summed E-state index contributed by atoms with van der Waals surface area (Å²) in [5, 5.41) is 2.80. The van der Waals surface area contributed by atoms with Crippen molar-refractivity contribution in [2.75, 3.05) is 36.5 Å². The smallest absolute Gasteiger partial charge is 0.224 e. The molecule has 6 heteroatoms. The van der Waals surface area contributed by atoms with Crippen molar-refractivity contribution >= 4 is 23.2 Å². The first-order valence-corrected chi connectivity index (χ1v) is 9.36. The highest BCUT2D eigenvalue weighted by atomic mass is 16.5. The van der Waals surface area contributed by atoms with E-state index < -0.39 is 0 Å². The van der Waals surface area contributed by atoms with Gasteiger partial charge >= 0.3 is 0 Å². The van der Waals surface area contributed by atoms with Crippen LogP contribution >= 0.6 is 0 Å². The minimum atomic E-state index is -0.186. The molecule has 142 valence electrons. The van der Waals surface area contributed by atoms with E-state index in [1.165, 1.54) is 5.56 Å². The van der Waals surface area contributed by atoms with Crippen LogP contribution in [0.15, 0.2) is 42.6 Å². The molecule has 0 atom stereocenters. The van der Waals surface area contributed by atoms with Crippen LogP contribution in [-0.2, 0) is 16.0 Å². The van der Waals surface area contributed by atoms with Crippen LogP contribution in [0.4, 0.5) is 11.5 Å². The summed E-state index contributed by atoms with van der Waals surface area (Å²) < 4.78 is 5.33. The summed E-state index contributed by atoms with van der Waals surface area (Å²) in [5.41, 5.74) is 2.48. The van der Waals surface area contributed by atoms with Crippen molar-refractivity contribution < 1.29 is 14.3 Å². The van der Waals surface area contributed by atoms with E-state index in [1.54, 1.807) is 6.20 Å². The highest BCUT2D eigenvalue weighted by Crippen LogP contribution is 2.16. The molecule has 6 nitrogen and oxygen atoms in total. The van der Waals surface area contributed by atoms with Gasteiger partial charge in [0.15, 0.2) is 5.78 Å². The first kappa shape index (κ1) is 19.0. The number of carbonyl (C=O) groups excluding carboxylic acids is 2. The lowest BCUT2D eigenvalue weighted by Gasteiger charge is -2.27. The minimum absolute atomic E-state index is 0.0198. The van der Waals surface area contributed by atoms with Crippen molar-refractivity contribution in [3.63, 3.8) is 0 Å². The van der Waals surface area contributed by atoms with Crippen molar-refractivity contribution in [3.8, 4) is 0 Å². The van der Waals surface area contributed by atoms with Gasteiger partial charge in [-0.1, -0.05) is 31.2 Å². The molecule has 0 unspecified atom stereocenters. The Morgan fingerprint density at radius 1 is 1.07 bits per heavy atom. The molecule has 1 aromatic heterocycles. The van der Waals surface area contributed by atoms with Crippen LogP contribution in [0.25, 0.3) is 0 Å². The molecule has 2 aromatic rings. The number of nitrogens with zero attached hydrogens (tertiary/aromatic N) is 2. The number of hydrogen-bond acceptors (Lipinski definition) is 5. The molecular weight excluding hydrogens is 342 g/mol. The lowest BCUT2D eigenvalue weighted by molar-refractivity contribution is -0.116.